The monoisotopic (exact) mass is 1820 g/mol. The first-order valence-electron chi connectivity index (χ1n) is 50.0. The molecular weight excluding hydrogens is 1730 g/mol. The smallest absolute Gasteiger partial charge is 0.00201 e. The molecule has 0 radical (unpaired) electrons. The van der Waals surface area contributed by atoms with E-state index in [1.165, 1.54) is 284 Å². The highest BCUT2D eigenvalue weighted by atomic mass is 14.3. The van der Waals surface area contributed by atoms with Gasteiger partial charge in [-0.1, -0.05) is 510 Å². The van der Waals surface area contributed by atoms with Gasteiger partial charge in [0.25, 0.3) is 0 Å². The molecule has 0 bridgehead atoms. The summed E-state index contributed by atoms with van der Waals surface area (Å²) in [6.45, 7) is 0. The first-order chi connectivity index (χ1) is 71.4. The van der Waals surface area contributed by atoms with Gasteiger partial charge in [0.05, 0.1) is 0 Å². The highest BCUT2D eigenvalue weighted by molar-refractivity contribution is 6.28. The average Bonchev–Trinajstić information content (AvgIpc) is 0.733. The molecule has 29 aromatic rings. The van der Waals surface area contributed by atoms with E-state index in [-0.39, 0.29) is 0 Å². The van der Waals surface area contributed by atoms with Crippen molar-refractivity contribution in [3.8, 4) is 122 Å². The Hall–Kier alpha value is -18.7. The van der Waals surface area contributed by atoms with Gasteiger partial charge in [-0.2, -0.15) is 0 Å². The maximum atomic E-state index is 2.43. The van der Waals surface area contributed by atoms with E-state index in [2.05, 4.69) is 558 Å². The van der Waals surface area contributed by atoms with Crippen molar-refractivity contribution in [3.05, 3.63) is 558 Å². The molecule has 0 amide bonds. The fraction of sp³-hybridized carbons (Fsp3) is 0. The first-order valence-corrected chi connectivity index (χ1v) is 50.0. The van der Waals surface area contributed by atoms with Gasteiger partial charge in [-0.3, -0.25) is 0 Å². The molecule has 0 unspecified atom stereocenters. The molecule has 0 fully saturated rings. The van der Waals surface area contributed by atoms with E-state index in [0.29, 0.717) is 0 Å². The molecule has 29 aromatic carbocycles. The van der Waals surface area contributed by atoms with Crippen LogP contribution in [0.3, 0.4) is 0 Å². The normalized spacial score (nSPS) is 11.6. The van der Waals surface area contributed by atoms with Crippen molar-refractivity contribution in [1.82, 2.24) is 0 Å². The zero-order valence-corrected chi connectivity index (χ0v) is 79.1. The number of rotatable bonds is 11. The van der Waals surface area contributed by atoms with Crippen LogP contribution in [0.15, 0.2) is 558 Å². The summed E-state index contributed by atoms with van der Waals surface area (Å²) < 4.78 is 0. The van der Waals surface area contributed by atoms with Crippen LogP contribution in [-0.4, -0.2) is 0 Å². The van der Waals surface area contributed by atoms with Crippen molar-refractivity contribution >= 4 is 162 Å². The Bertz CT molecular complexity index is 10100. The average molecular weight is 1820 g/mol. The number of benzene rings is 29. The summed E-state index contributed by atoms with van der Waals surface area (Å²) in [5.74, 6) is 0. The van der Waals surface area contributed by atoms with E-state index in [9.17, 15) is 0 Å². The van der Waals surface area contributed by atoms with E-state index < -0.39 is 0 Å². The lowest BCUT2D eigenvalue weighted by atomic mass is 9.84. The summed E-state index contributed by atoms with van der Waals surface area (Å²) in [6, 6.07) is 205. The van der Waals surface area contributed by atoms with Crippen LogP contribution >= 0.6 is 0 Å². The molecule has 0 heteroatoms. The number of fused-ring (bicyclic) bond motifs is 15. The third-order valence-corrected chi connectivity index (χ3v) is 30.0. The Balaban J connectivity index is 0.000000109. The molecule has 0 aliphatic carbocycles. The van der Waals surface area contributed by atoms with E-state index >= 15 is 0 Å². The van der Waals surface area contributed by atoms with Gasteiger partial charge in [0.1, 0.15) is 0 Å². The van der Waals surface area contributed by atoms with Crippen molar-refractivity contribution in [3.63, 3.8) is 0 Å². The van der Waals surface area contributed by atoms with Gasteiger partial charge in [-0.15, -0.1) is 0 Å². The maximum absolute atomic E-state index is 2.43. The van der Waals surface area contributed by atoms with Gasteiger partial charge >= 0.3 is 0 Å². The summed E-state index contributed by atoms with van der Waals surface area (Å²) in [7, 11) is 0. The minimum atomic E-state index is 1.20. The largest absolute Gasteiger partial charge is 0.0622 e. The Morgan fingerprint density at radius 3 is 0.604 bits per heavy atom. The van der Waals surface area contributed by atoms with Crippen molar-refractivity contribution in [2.45, 2.75) is 0 Å². The molecule has 0 heterocycles. The van der Waals surface area contributed by atoms with Crippen LogP contribution in [0.4, 0.5) is 0 Å². The highest BCUT2D eigenvalue weighted by Crippen LogP contribution is 2.53. The minimum Gasteiger partial charge on any atom is -0.0622 e. The van der Waals surface area contributed by atoms with Crippen molar-refractivity contribution < 1.29 is 0 Å². The Kier molecular flexibility index (Phi) is 21.1. The molecule has 29 rings (SSSR count). The second kappa shape index (κ2) is 35.9. The van der Waals surface area contributed by atoms with Crippen LogP contribution in [0.5, 0.6) is 0 Å². The summed E-state index contributed by atoms with van der Waals surface area (Å²) in [6.07, 6.45) is 0. The molecular formula is C144H92. The van der Waals surface area contributed by atoms with Gasteiger partial charge in [0, 0.05) is 0 Å². The predicted molar refractivity (Wildman–Crippen MR) is 622 cm³/mol. The summed E-state index contributed by atoms with van der Waals surface area (Å²) >= 11 is 0. The second-order valence-electron chi connectivity index (χ2n) is 38.2. The van der Waals surface area contributed by atoms with Crippen LogP contribution < -0.4 is 0 Å². The fourth-order valence-corrected chi connectivity index (χ4v) is 23.4. The molecule has 0 spiro atoms. The second-order valence-corrected chi connectivity index (χ2v) is 38.2. The van der Waals surface area contributed by atoms with Gasteiger partial charge in [-0.05, 0) is 333 Å². The van der Waals surface area contributed by atoms with Crippen LogP contribution in [-0.2, 0) is 0 Å². The molecule has 0 N–H and O–H groups in total. The van der Waals surface area contributed by atoms with Gasteiger partial charge in [0.15, 0.2) is 0 Å². The van der Waals surface area contributed by atoms with Crippen molar-refractivity contribution in [2.24, 2.45) is 0 Å². The van der Waals surface area contributed by atoms with Crippen molar-refractivity contribution in [1.29, 1.82) is 0 Å². The van der Waals surface area contributed by atoms with E-state index in [1.54, 1.807) is 0 Å². The summed E-state index contributed by atoms with van der Waals surface area (Å²) in [5, 5.41) is 38.0. The zero-order valence-electron chi connectivity index (χ0n) is 79.1. The van der Waals surface area contributed by atoms with Crippen LogP contribution in [0.1, 0.15) is 0 Å². The van der Waals surface area contributed by atoms with E-state index in [1.807, 2.05) is 0 Å². The highest BCUT2D eigenvalue weighted by Gasteiger charge is 2.26. The lowest BCUT2D eigenvalue weighted by Gasteiger charge is -2.19. The quantitative estimate of drug-likeness (QED) is 0.113. The zero-order chi connectivity index (χ0) is 95.1. The molecule has 144 heavy (non-hydrogen) atoms. The molecule has 0 aromatic heterocycles. The molecule has 0 saturated heterocycles. The maximum Gasteiger partial charge on any atom is -0.00201 e. The Morgan fingerprint density at radius 2 is 0.257 bits per heavy atom. The third-order valence-electron chi connectivity index (χ3n) is 30.0. The predicted octanol–water partition coefficient (Wildman–Crippen LogP) is 40.7. The third kappa shape index (κ3) is 14.9. The SMILES string of the molecule is c1ccc(-c2c3ccccc3c(-c3ccccc3)c3cc(-c4ccc(-c5c6ccccc6c(-c6cccc7ccccc67)c6ccccc56)cc4)ccc23)cc1.c1ccc2cc(-c3c4ccccc4c(-c4ccc5ccccc5c4)c4cc(-c5cccc6ccccc56)ccc34)ccc2c1.c1ccc2cc(-c3ccc4c(-c5ccc6ccccc6c5)c5ccccc5c(-c5ccc6ccccc6c5)c4c3)ccc2c1. The van der Waals surface area contributed by atoms with Crippen LogP contribution in [0.25, 0.3) is 284 Å². The van der Waals surface area contributed by atoms with Gasteiger partial charge < -0.3 is 0 Å². The van der Waals surface area contributed by atoms with Crippen LogP contribution in [0, 0.1) is 0 Å². The van der Waals surface area contributed by atoms with Gasteiger partial charge in [-0.25, -0.2) is 0 Å². The Morgan fingerprint density at radius 1 is 0.0694 bits per heavy atom. The van der Waals surface area contributed by atoms with Crippen LogP contribution in [0.2, 0.25) is 0 Å². The Labute approximate surface area is 835 Å². The lowest BCUT2D eigenvalue weighted by molar-refractivity contribution is 1.62. The summed E-state index contributed by atoms with van der Waals surface area (Å²) in [4.78, 5) is 0. The molecule has 668 valence electrons. The van der Waals surface area contributed by atoms with E-state index in [4.69, 9.17) is 0 Å². The lowest BCUT2D eigenvalue weighted by Crippen LogP contribution is -1.92. The molecule has 0 aliphatic rings. The number of hydrogen-bond donors (Lipinski definition) is 0. The molecule has 0 aliphatic heterocycles. The topological polar surface area (TPSA) is 0 Å². The minimum absolute atomic E-state index is 1.20. The standard InChI is InChI=1S/C56H36.2C44H28/c1-3-17-39(18-4-1)53-45-23-9-10-24-46(45)55(40-19-5-2-6-20-40)52-36-42(34-35-51(52)53)37-30-32-41(33-31-37)54-47-25-11-13-27-49(47)56(50-28-14-12-26-48(50)54)44-29-15-21-38-16-7-8-22-43(38)44;1-4-12-32-25-35(20-17-29(32)9-1)36-23-24-41-42(28-36)44(38-22-19-31-11-3-6-14-34(31)27-38)40-16-8-7-15-39(40)43(41)37-21-18-30-10-2-5-13-33(30)26-37;1-3-13-32-26-35(22-20-29(32)10-1)43-39-17-7-8-18-40(39)44(36-23-21-30-11-2-4-14-33(30)27-36)42-28-34(24-25-41(42)43)38-19-9-15-31-12-5-6-16-37(31)38/h1-36H;2*1-28H. The molecule has 0 atom stereocenters. The van der Waals surface area contributed by atoms with Gasteiger partial charge in [0.2, 0.25) is 0 Å². The van der Waals surface area contributed by atoms with Crippen molar-refractivity contribution in [2.75, 3.05) is 0 Å². The summed E-state index contributed by atoms with van der Waals surface area (Å²) in [5.41, 5.74) is 27.5. The molecule has 0 saturated carbocycles. The fourth-order valence-electron chi connectivity index (χ4n) is 23.4. The number of hydrogen-bond acceptors (Lipinski definition) is 0. The van der Waals surface area contributed by atoms with E-state index in [0.717, 1.165) is 0 Å². The molecule has 0 nitrogen and oxygen atoms in total. The first kappa shape index (κ1) is 84.6.